The predicted octanol–water partition coefficient (Wildman–Crippen LogP) is 3.35. The van der Waals surface area contributed by atoms with Crippen molar-refractivity contribution in [3.63, 3.8) is 0 Å². The molecule has 1 aliphatic heterocycles. The number of hydrogen-bond donors (Lipinski definition) is 0. The molecule has 25 heavy (non-hydrogen) atoms. The molecule has 1 aliphatic rings. The molecule has 6 nitrogen and oxygen atoms in total. The molecule has 4 rings (SSSR count). The van der Waals surface area contributed by atoms with Crippen molar-refractivity contribution in [2.45, 2.75) is 30.8 Å². The molecule has 3 aromatic rings. The molecule has 3 aromatic heterocycles. The largest absolute Gasteiger partial charge is 0.342 e. The molecule has 0 N–H and O–H groups in total. The van der Waals surface area contributed by atoms with Gasteiger partial charge in [-0.3, -0.25) is 4.79 Å². The van der Waals surface area contributed by atoms with Gasteiger partial charge in [0.25, 0.3) is 0 Å². The monoisotopic (exact) mass is 373 g/mol. The van der Waals surface area contributed by atoms with Gasteiger partial charge >= 0.3 is 0 Å². The Kier molecular flexibility index (Phi) is 4.98. The summed E-state index contributed by atoms with van der Waals surface area (Å²) < 4.78 is 1.73. The Hall–Kier alpha value is -1.93. The zero-order chi connectivity index (χ0) is 17.1. The van der Waals surface area contributed by atoms with Gasteiger partial charge in [-0.05, 0) is 36.4 Å². The first-order chi connectivity index (χ1) is 12.3. The molecule has 0 saturated carbocycles. The van der Waals surface area contributed by atoms with E-state index >= 15 is 0 Å². The van der Waals surface area contributed by atoms with Crippen molar-refractivity contribution in [1.82, 2.24) is 24.7 Å². The van der Waals surface area contributed by atoms with Gasteiger partial charge in [0.05, 0.1) is 10.6 Å². The van der Waals surface area contributed by atoms with Crippen LogP contribution in [0.2, 0.25) is 0 Å². The van der Waals surface area contributed by atoms with Gasteiger partial charge in [-0.15, -0.1) is 21.5 Å². The lowest BCUT2D eigenvalue weighted by Gasteiger charge is -2.19. The number of carbonyl (C=O) groups is 1. The lowest BCUT2D eigenvalue weighted by Crippen LogP contribution is -2.33. The minimum atomic E-state index is 0.179. The van der Waals surface area contributed by atoms with Crippen LogP contribution in [0.15, 0.2) is 34.8 Å². The first-order valence-corrected chi connectivity index (χ1v) is 10.3. The summed E-state index contributed by atoms with van der Waals surface area (Å²) in [6.45, 7) is 1.75. The van der Waals surface area contributed by atoms with Crippen LogP contribution in [0, 0.1) is 0 Å². The summed E-state index contributed by atoms with van der Waals surface area (Å²) in [6, 6.07) is 7.91. The fourth-order valence-corrected chi connectivity index (χ4v) is 4.43. The minimum absolute atomic E-state index is 0.179. The van der Waals surface area contributed by atoms with Crippen LogP contribution < -0.4 is 0 Å². The third-order valence-electron chi connectivity index (χ3n) is 4.29. The van der Waals surface area contributed by atoms with Crippen molar-refractivity contribution < 1.29 is 4.79 Å². The molecule has 130 valence electrons. The lowest BCUT2D eigenvalue weighted by molar-refractivity contribution is -0.128. The molecule has 0 spiro atoms. The van der Waals surface area contributed by atoms with Crippen LogP contribution >= 0.6 is 23.1 Å². The average Bonchev–Trinajstić information content (AvgIpc) is 3.22. The van der Waals surface area contributed by atoms with E-state index in [4.69, 9.17) is 0 Å². The highest BCUT2D eigenvalue weighted by Gasteiger charge is 2.17. The normalized spacial score (nSPS) is 15.4. The summed E-state index contributed by atoms with van der Waals surface area (Å²) in [5.74, 6) is 0.559. The van der Waals surface area contributed by atoms with E-state index in [2.05, 4.69) is 15.3 Å². The number of hydrogen-bond acceptors (Lipinski definition) is 6. The first-order valence-electron chi connectivity index (χ1n) is 8.48. The fraction of sp³-hybridized carbons (Fsp3) is 0.412. The number of nitrogens with zero attached hydrogens (tertiary/aromatic N) is 5. The van der Waals surface area contributed by atoms with Crippen LogP contribution in [-0.4, -0.2) is 49.5 Å². The van der Waals surface area contributed by atoms with E-state index in [1.807, 2.05) is 34.5 Å². The third-order valence-corrected chi connectivity index (χ3v) is 6.09. The fourth-order valence-electron chi connectivity index (χ4n) is 2.95. The predicted molar refractivity (Wildman–Crippen MR) is 99.9 cm³/mol. The van der Waals surface area contributed by atoms with Gasteiger partial charge in [-0.25, -0.2) is 0 Å². The van der Waals surface area contributed by atoms with E-state index in [1.165, 1.54) is 24.6 Å². The zero-order valence-electron chi connectivity index (χ0n) is 13.8. The van der Waals surface area contributed by atoms with Gasteiger partial charge in [0.1, 0.15) is 5.69 Å². The first kappa shape index (κ1) is 16.5. The molecule has 1 fully saturated rings. The molecule has 0 atom stereocenters. The van der Waals surface area contributed by atoms with Crippen LogP contribution in [0.1, 0.15) is 25.7 Å². The van der Waals surface area contributed by atoms with E-state index in [0.29, 0.717) is 16.6 Å². The maximum Gasteiger partial charge on any atom is 0.233 e. The molecule has 0 unspecified atom stereocenters. The van der Waals surface area contributed by atoms with Gasteiger partial charge in [-0.1, -0.05) is 30.7 Å². The van der Waals surface area contributed by atoms with Gasteiger partial charge < -0.3 is 4.90 Å². The van der Waals surface area contributed by atoms with E-state index in [9.17, 15) is 4.79 Å². The smallest absolute Gasteiger partial charge is 0.233 e. The van der Waals surface area contributed by atoms with Crippen molar-refractivity contribution in [2.24, 2.45) is 0 Å². The second-order valence-corrected chi connectivity index (χ2v) is 7.92. The summed E-state index contributed by atoms with van der Waals surface area (Å²) in [6.07, 6.45) is 4.66. The number of amides is 1. The third kappa shape index (κ3) is 3.69. The average molecular weight is 374 g/mol. The zero-order valence-corrected chi connectivity index (χ0v) is 15.4. The quantitative estimate of drug-likeness (QED) is 0.656. The second-order valence-electron chi connectivity index (χ2n) is 6.03. The number of carbonyl (C=O) groups excluding carboxylic acids is 1. The second kappa shape index (κ2) is 7.53. The molecule has 0 bridgehead atoms. The van der Waals surface area contributed by atoms with Gasteiger partial charge in [0, 0.05) is 13.1 Å². The van der Waals surface area contributed by atoms with Crippen molar-refractivity contribution in [1.29, 1.82) is 0 Å². The van der Waals surface area contributed by atoms with Crippen LogP contribution in [0.3, 0.4) is 0 Å². The molecule has 4 heterocycles. The standard InChI is InChI=1S/C17H19N5OS2/c23-16(21-9-3-1-2-4-10-21)12-25-17-19-18-15-8-7-13(20-22(15)17)14-6-5-11-24-14/h5-8,11H,1-4,9-10,12H2. The van der Waals surface area contributed by atoms with Gasteiger partial charge in [-0.2, -0.15) is 9.61 Å². The van der Waals surface area contributed by atoms with Gasteiger partial charge in [0.15, 0.2) is 5.65 Å². The molecule has 0 aromatic carbocycles. The van der Waals surface area contributed by atoms with E-state index in [1.54, 1.807) is 15.9 Å². The number of thiophene rings is 1. The number of thioether (sulfide) groups is 1. The van der Waals surface area contributed by atoms with Crippen molar-refractivity contribution in [2.75, 3.05) is 18.8 Å². The number of aromatic nitrogens is 4. The van der Waals surface area contributed by atoms with Crippen molar-refractivity contribution >= 4 is 34.7 Å². The highest BCUT2D eigenvalue weighted by molar-refractivity contribution is 7.99. The van der Waals surface area contributed by atoms with E-state index in [0.717, 1.165) is 36.5 Å². The Morgan fingerprint density at radius 3 is 2.72 bits per heavy atom. The molecule has 1 saturated heterocycles. The Morgan fingerprint density at radius 1 is 1.12 bits per heavy atom. The van der Waals surface area contributed by atoms with Crippen LogP contribution in [0.4, 0.5) is 0 Å². The number of fused-ring (bicyclic) bond motifs is 1. The van der Waals surface area contributed by atoms with E-state index < -0.39 is 0 Å². The molecular weight excluding hydrogens is 354 g/mol. The molecular formula is C17H19N5OS2. The highest BCUT2D eigenvalue weighted by Crippen LogP contribution is 2.24. The molecule has 1 amide bonds. The molecule has 0 radical (unpaired) electrons. The maximum atomic E-state index is 12.5. The van der Waals surface area contributed by atoms with Crippen molar-refractivity contribution in [3.05, 3.63) is 29.6 Å². The summed E-state index contributed by atoms with van der Waals surface area (Å²) in [5, 5.41) is 15.7. The van der Waals surface area contributed by atoms with E-state index in [-0.39, 0.29) is 5.91 Å². The lowest BCUT2D eigenvalue weighted by atomic mass is 10.2. The number of rotatable bonds is 4. The summed E-state index contributed by atoms with van der Waals surface area (Å²) >= 11 is 3.06. The maximum absolute atomic E-state index is 12.5. The Labute approximate surface area is 154 Å². The Bertz CT molecular complexity index is 853. The Morgan fingerprint density at radius 2 is 1.96 bits per heavy atom. The molecule has 8 heteroatoms. The number of likely N-dealkylation sites (tertiary alicyclic amines) is 1. The minimum Gasteiger partial charge on any atom is -0.342 e. The van der Waals surface area contributed by atoms with Crippen molar-refractivity contribution in [3.8, 4) is 10.6 Å². The van der Waals surface area contributed by atoms with Crippen LogP contribution in [0.25, 0.3) is 16.2 Å². The van der Waals surface area contributed by atoms with Crippen LogP contribution in [-0.2, 0) is 4.79 Å². The van der Waals surface area contributed by atoms with Crippen LogP contribution in [0.5, 0.6) is 0 Å². The summed E-state index contributed by atoms with van der Waals surface area (Å²) in [4.78, 5) is 15.5. The highest BCUT2D eigenvalue weighted by atomic mass is 32.2. The SMILES string of the molecule is O=C(CSc1nnc2ccc(-c3cccs3)nn12)N1CCCCCC1. The Balaban J connectivity index is 1.49. The summed E-state index contributed by atoms with van der Waals surface area (Å²) in [5.41, 5.74) is 1.59. The molecule has 0 aliphatic carbocycles. The topological polar surface area (TPSA) is 63.4 Å². The van der Waals surface area contributed by atoms with Gasteiger partial charge in [0.2, 0.25) is 11.1 Å². The summed E-state index contributed by atoms with van der Waals surface area (Å²) in [7, 11) is 0.